The van der Waals surface area contributed by atoms with Crippen molar-refractivity contribution in [3.63, 3.8) is 0 Å². The third-order valence-corrected chi connectivity index (χ3v) is 4.30. The summed E-state index contributed by atoms with van der Waals surface area (Å²) in [5.74, 6) is 1.97. The lowest BCUT2D eigenvalue weighted by Gasteiger charge is -2.00. The van der Waals surface area contributed by atoms with Gasteiger partial charge in [0.05, 0.1) is 22.1 Å². The van der Waals surface area contributed by atoms with Gasteiger partial charge in [-0.25, -0.2) is 9.97 Å². The average Bonchev–Trinajstić information content (AvgIpc) is 3.12. The summed E-state index contributed by atoms with van der Waals surface area (Å²) in [5.41, 5.74) is 7.72. The first-order chi connectivity index (χ1) is 11.2. The number of rotatable bonds is 3. The zero-order chi connectivity index (χ0) is 16.0. The van der Waals surface area contributed by atoms with E-state index in [2.05, 4.69) is 61.1 Å². The Morgan fingerprint density at radius 3 is 2.46 bits per heavy atom. The van der Waals surface area contributed by atoms with E-state index < -0.39 is 0 Å². The molecule has 0 fully saturated rings. The van der Waals surface area contributed by atoms with E-state index in [1.807, 2.05) is 0 Å². The van der Waals surface area contributed by atoms with E-state index in [4.69, 9.17) is 9.97 Å². The topological polar surface area (TPSA) is 88.9 Å². The normalized spacial score (nSPS) is 11.1. The molecule has 0 aliphatic carbocycles. The number of imidazole rings is 2. The fourth-order valence-corrected chi connectivity index (χ4v) is 3.15. The van der Waals surface area contributed by atoms with Crippen molar-refractivity contribution in [3.8, 4) is 11.4 Å². The number of benzene rings is 2. The van der Waals surface area contributed by atoms with Crippen LogP contribution in [0.25, 0.3) is 33.5 Å². The molecule has 0 amide bonds. The van der Waals surface area contributed by atoms with Crippen molar-refractivity contribution in [1.82, 2.24) is 19.9 Å². The number of aromatic nitrogens is 4. The van der Waals surface area contributed by atoms with Gasteiger partial charge in [0.1, 0.15) is 11.6 Å². The number of para-hydroxylation sites is 1. The largest absolute Gasteiger partial charge is 0.412 e. The maximum atomic E-state index is 4.78. The van der Waals surface area contributed by atoms with Gasteiger partial charge in [-0.1, -0.05) is 19.1 Å². The smallest absolute Gasteiger partial charge is 0.138 e. The molecular weight excluding hydrogens is 300 g/mol. The molecule has 0 radical (unpaired) electrons. The van der Waals surface area contributed by atoms with Crippen LogP contribution in [0.15, 0.2) is 30.3 Å². The Morgan fingerprint density at radius 1 is 0.917 bits per heavy atom. The van der Waals surface area contributed by atoms with Crippen molar-refractivity contribution >= 4 is 22.1 Å². The summed E-state index contributed by atoms with van der Waals surface area (Å²) in [6.45, 7) is 6.37. The molecule has 0 aliphatic rings. The van der Waals surface area contributed by atoms with E-state index >= 15 is 0 Å². The number of hydrogen-bond acceptors (Lipinski definition) is 2. The Balaban J connectivity index is 0.00000169. The SMILES string of the molecule is CCCc1nc2c(C)cc(-c3nc4c(C)cccc4[nH]3)cc2[nH]1.O. The second kappa shape index (κ2) is 6.09. The van der Waals surface area contributed by atoms with E-state index in [0.717, 1.165) is 52.1 Å². The number of fused-ring (bicyclic) bond motifs is 2. The number of nitrogens with one attached hydrogen (secondary N) is 2. The summed E-state index contributed by atoms with van der Waals surface area (Å²) >= 11 is 0. The van der Waals surface area contributed by atoms with Gasteiger partial charge in [-0.3, -0.25) is 0 Å². The maximum Gasteiger partial charge on any atom is 0.138 e. The van der Waals surface area contributed by atoms with Crippen molar-refractivity contribution in [2.75, 3.05) is 0 Å². The average molecular weight is 322 g/mol. The van der Waals surface area contributed by atoms with Gasteiger partial charge in [-0.05, 0) is 49.6 Å². The van der Waals surface area contributed by atoms with Gasteiger partial charge in [0, 0.05) is 12.0 Å². The highest BCUT2D eigenvalue weighted by Crippen LogP contribution is 2.27. The van der Waals surface area contributed by atoms with Crippen LogP contribution in [0.1, 0.15) is 30.3 Å². The minimum absolute atomic E-state index is 0. The minimum Gasteiger partial charge on any atom is -0.412 e. The second-order valence-corrected chi connectivity index (χ2v) is 6.18. The van der Waals surface area contributed by atoms with E-state index in [0.29, 0.717) is 0 Å². The quantitative estimate of drug-likeness (QED) is 0.600. The zero-order valence-electron chi connectivity index (χ0n) is 14.2. The highest BCUT2D eigenvalue weighted by Gasteiger charge is 2.11. The number of aromatic amines is 2. The van der Waals surface area contributed by atoms with Gasteiger partial charge in [-0.15, -0.1) is 0 Å². The lowest BCUT2D eigenvalue weighted by Crippen LogP contribution is -1.84. The van der Waals surface area contributed by atoms with Crippen LogP contribution in [0.5, 0.6) is 0 Å². The molecule has 5 heteroatoms. The molecular formula is C19H22N4O. The highest BCUT2D eigenvalue weighted by molar-refractivity contribution is 5.87. The number of aryl methyl sites for hydroxylation is 3. The van der Waals surface area contributed by atoms with Crippen molar-refractivity contribution in [2.24, 2.45) is 0 Å². The maximum absolute atomic E-state index is 4.78. The molecule has 2 aromatic carbocycles. The predicted octanol–water partition coefficient (Wildman–Crippen LogP) is 3.85. The molecule has 0 spiro atoms. The van der Waals surface area contributed by atoms with Crippen LogP contribution in [0.2, 0.25) is 0 Å². The first-order valence-electron chi connectivity index (χ1n) is 8.10. The Morgan fingerprint density at radius 2 is 1.71 bits per heavy atom. The number of hydrogen-bond donors (Lipinski definition) is 2. The third-order valence-electron chi connectivity index (χ3n) is 4.30. The van der Waals surface area contributed by atoms with Gasteiger partial charge in [0.2, 0.25) is 0 Å². The van der Waals surface area contributed by atoms with Crippen molar-refractivity contribution < 1.29 is 5.48 Å². The van der Waals surface area contributed by atoms with Crippen LogP contribution in [0.4, 0.5) is 0 Å². The monoisotopic (exact) mass is 322 g/mol. The Hall–Kier alpha value is -2.66. The summed E-state index contributed by atoms with van der Waals surface area (Å²) in [5, 5.41) is 0. The van der Waals surface area contributed by atoms with Crippen molar-refractivity contribution in [2.45, 2.75) is 33.6 Å². The molecule has 0 unspecified atom stereocenters. The van der Waals surface area contributed by atoms with Gasteiger partial charge in [0.15, 0.2) is 0 Å². The first-order valence-corrected chi connectivity index (χ1v) is 8.10. The molecule has 24 heavy (non-hydrogen) atoms. The summed E-state index contributed by atoms with van der Waals surface area (Å²) in [6.07, 6.45) is 2.07. The summed E-state index contributed by atoms with van der Waals surface area (Å²) in [4.78, 5) is 16.4. The van der Waals surface area contributed by atoms with E-state index in [1.165, 1.54) is 11.1 Å². The van der Waals surface area contributed by atoms with Crippen LogP contribution < -0.4 is 0 Å². The van der Waals surface area contributed by atoms with Crippen LogP contribution in [-0.4, -0.2) is 25.4 Å². The lowest BCUT2D eigenvalue weighted by molar-refractivity contribution is 0.824. The molecule has 0 saturated carbocycles. The Bertz CT molecular complexity index is 1010. The summed E-state index contributed by atoms with van der Waals surface area (Å²) in [7, 11) is 0. The molecule has 124 valence electrons. The van der Waals surface area contributed by atoms with Crippen molar-refractivity contribution in [1.29, 1.82) is 0 Å². The molecule has 4 aromatic rings. The summed E-state index contributed by atoms with van der Waals surface area (Å²) < 4.78 is 0. The molecule has 0 atom stereocenters. The van der Waals surface area contributed by atoms with Crippen molar-refractivity contribution in [3.05, 3.63) is 47.3 Å². The van der Waals surface area contributed by atoms with E-state index in [1.54, 1.807) is 0 Å². The fraction of sp³-hybridized carbons (Fsp3) is 0.263. The van der Waals surface area contributed by atoms with Gasteiger partial charge < -0.3 is 15.4 Å². The van der Waals surface area contributed by atoms with Gasteiger partial charge in [0.25, 0.3) is 0 Å². The summed E-state index contributed by atoms with van der Waals surface area (Å²) in [6, 6.07) is 10.5. The second-order valence-electron chi connectivity index (χ2n) is 6.18. The Kier molecular flexibility index (Phi) is 4.11. The predicted molar refractivity (Wildman–Crippen MR) is 98.3 cm³/mol. The molecule has 0 saturated heterocycles. The van der Waals surface area contributed by atoms with Gasteiger partial charge >= 0.3 is 0 Å². The molecule has 2 aromatic heterocycles. The third kappa shape index (κ3) is 2.57. The van der Waals surface area contributed by atoms with E-state index in [9.17, 15) is 0 Å². The minimum atomic E-state index is 0. The Labute approximate surface area is 140 Å². The molecule has 5 nitrogen and oxygen atoms in total. The molecule has 0 bridgehead atoms. The lowest BCUT2D eigenvalue weighted by atomic mass is 10.1. The first kappa shape index (κ1) is 16.2. The number of H-pyrrole nitrogens is 2. The molecule has 4 N–H and O–H groups in total. The molecule has 4 rings (SSSR count). The fourth-order valence-electron chi connectivity index (χ4n) is 3.15. The standard InChI is InChI=1S/C19H20N4.H2O/c1-4-6-16-20-15-10-13(9-12(3)18(15)22-16)19-21-14-8-5-7-11(2)17(14)23-19;/h5,7-10H,4,6H2,1-3H3,(H,20,22)(H,21,23);1H2. The van der Waals surface area contributed by atoms with Crippen LogP contribution in [0.3, 0.4) is 0 Å². The molecule has 0 aliphatic heterocycles. The number of nitrogens with zero attached hydrogens (tertiary/aromatic N) is 2. The van der Waals surface area contributed by atoms with E-state index in [-0.39, 0.29) is 5.48 Å². The van der Waals surface area contributed by atoms with Crippen LogP contribution >= 0.6 is 0 Å². The van der Waals surface area contributed by atoms with Crippen LogP contribution in [0, 0.1) is 13.8 Å². The highest BCUT2D eigenvalue weighted by atomic mass is 16.0. The molecule has 2 heterocycles. The zero-order valence-corrected chi connectivity index (χ0v) is 14.2. The van der Waals surface area contributed by atoms with Gasteiger partial charge in [-0.2, -0.15) is 0 Å². The van der Waals surface area contributed by atoms with Crippen LogP contribution in [-0.2, 0) is 6.42 Å².